The minimum atomic E-state index is -0.400. The Kier molecular flexibility index (Phi) is 5.38. The van der Waals surface area contributed by atoms with E-state index in [0.29, 0.717) is 11.3 Å². The van der Waals surface area contributed by atoms with Crippen LogP contribution in [0, 0.1) is 0 Å². The second kappa shape index (κ2) is 7.51. The van der Waals surface area contributed by atoms with Crippen molar-refractivity contribution >= 4 is 5.97 Å². The van der Waals surface area contributed by atoms with Crippen molar-refractivity contribution in [3.63, 3.8) is 0 Å². The van der Waals surface area contributed by atoms with Gasteiger partial charge >= 0.3 is 5.97 Å². The first-order valence-corrected chi connectivity index (χ1v) is 8.36. The van der Waals surface area contributed by atoms with Crippen LogP contribution in [-0.2, 0) is 18.9 Å². The normalized spacial score (nSPS) is 31.2. The first-order chi connectivity index (χ1) is 11.7. The Hall–Kier alpha value is -1.63. The molecule has 132 valence electrons. The van der Waals surface area contributed by atoms with Crippen molar-refractivity contribution in [2.75, 3.05) is 14.2 Å². The molecular formula is C18H24O6. The van der Waals surface area contributed by atoms with Crippen LogP contribution in [0.1, 0.15) is 36.5 Å². The summed E-state index contributed by atoms with van der Waals surface area (Å²) in [5, 5.41) is 0. The van der Waals surface area contributed by atoms with E-state index in [1.54, 1.807) is 38.5 Å². The number of hydrogen-bond donors (Lipinski definition) is 0. The lowest BCUT2D eigenvalue weighted by molar-refractivity contribution is -0.201. The first-order valence-electron chi connectivity index (χ1n) is 8.36. The third-order valence-electron chi connectivity index (χ3n) is 4.47. The summed E-state index contributed by atoms with van der Waals surface area (Å²) in [6.07, 6.45) is 1.56. The summed E-state index contributed by atoms with van der Waals surface area (Å²) < 4.78 is 27.7. The highest BCUT2D eigenvalue weighted by Gasteiger charge is 2.59. The highest BCUT2D eigenvalue weighted by Crippen LogP contribution is 2.40. The summed E-state index contributed by atoms with van der Waals surface area (Å²) >= 11 is 0. The lowest BCUT2D eigenvalue weighted by atomic mass is 9.99. The molecule has 1 aromatic rings. The molecule has 2 heterocycles. The highest BCUT2D eigenvalue weighted by molar-refractivity contribution is 5.89. The fraction of sp³-hybridized carbons (Fsp3) is 0.611. The van der Waals surface area contributed by atoms with Gasteiger partial charge in [-0.25, -0.2) is 4.79 Å². The van der Waals surface area contributed by atoms with E-state index in [0.717, 1.165) is 19.3 Å². The smallest absolute Gasteiger partial charge is 0.338 e. The number of ether oxygens (including phenoxy) is 5. The Bertz CT molecular complexity index is 557. The van der Waals surface area contributed by atoms with Crippen LogP contribution >= 0.6 is 0 Å². The number of unbranched alkanes of at least 4 members (excludes halogenated alkanes) is 1. The Morgan fingerprint density at radius 2 is 1.88 bits per heavy atom. The van der Waals surface area contributed by atoms with Gasteiger partial charge in [0.25, 0.3) is 0 Å². The molecule has 0 spiro atoms. The molecule has 6 nitrogen and oxygen atoms in total. The fourth-order valence-electron chi connectivity index (χ4n) is 3.05. The summed E-state index contributed by atoms with van der Waals surface area (Å²) in [5.74, 6) is 0.319. The van der Waals surface area contributed by atoms with E-state index in [4.69, 9.17) is 23.7 Å². The van der Waals surface area contributed by atoms with E-state index in [9.17, 15) is 4.79 Å². The van der Waals surface area contributed by atoms with Crippen molar-refractivity contribution in [3.8, 4) is 5.75 Å². The molecule has 0 unspecified atom stereocenters. The monoisotopic (exact) mass is 336 g/mol. The summed E-state index contributed by atoms with van der Waals surface area (Å²) in [6.45, 7) is 2.12. The molecule has 6 heteroatoms. The Labute approximate surface area is 142 Å². The third kappa shape index (κ3) is 3.55. The molecule has 1 aromatic carbocycles. The summed E-state index contributed by atoms with van der Waals surface area (Å²) in [5.41, 5.74) is 0.483. The molecular weight excluding hydrogens is 312 g/mol. The Balaban J connectivity index is 1.67. The van der Waals surface area contributed by atoms with Crippen molar-refractivity contribution in [1.82, 2.24) is 0 Å². The number of fused-ring (bicyclic) bond motifs is 1. The maximum absolute atomic E-state index is 12.4. The van der Waals surface area contributed by atoms with Crippen molar-refractivity contribution in [2.24, 2.45) is 0 Å². The number of benzene rings is 1. The SMILES string of the molecule is CCCC[C@H]1O[C@H](OC)[C@H]2O[C@H]2[C@@H]1OC(=O)c1ccc(OC)cc1. The van der Waals surface area contributed by atoms with Crippen molar-refractivity contribution in [3.05, 3.63) is 29.8 Å². The molecule has 0 amide bonds. The summed E-state index contributed by atoms with van der Waals surface area (Å²) in [4.78, 5) is 12.4. The molecule has 0 bridgehead atoms. The Morgan fingerprint density at radius 3 is 2.50 bits per heavy atom. The molecule has 24 heavy (non-hydrogen) atoms. The van der Waals surface area contributed by atoms with Gasteiger partial charge in [-0.05, 0) is 30.7 Å². The van der Waals surface area contributed by atoms with Crippen molar-refractivity contribution in [2.45, 2.75) is 56.9 Å². The van der Waals surface area contributed by atoms with Gasteiger partial charge < -0.3 is 23.7 Å². The van der Waals surface area contributed by atoms with Crippen LogP contribution in [0.2, 0.25) is 0 Å². The number of rotatable bonds is 7. The zero-order valence-electron chi connectivity index (χ0n) is 14.3. The molecule has 2 aliphatic heterocycles. The molecule has 0 aromatic heterocycles. The maximum Gasteiger partial charge on any atom is 0.338 e. The molecule has 2 aliphatic rings. The van der Waals surface area contributed by atoms with Crippen LogP contribution in [0.3, 0.4) is 0 Å². The van der Waals surface area contributed by atoms with Gasteiger partial charge in [0.2, 0.25) is 0 Å². The molecule has 0 radical (unpaired) electrons. The second-order valence-corrected chi connectivity index (χ2v) is 6.08. The fourth-order valence-corrected chi connectivity index (χ4v) is 3.05. The van der Waals surface area contributed by atoms with Crippen LogP contribution in [0.15, 0.2) is 24.3 Å². The number of hydrogen-bond acceptors (Lipinski definition) is 6. The summed E-state index contributed by atoms with van der Waals surface area (Å²) in [6, 6.07) is 6.85. The van der Waals surface area contributed by atoms with E-state index in [2.05, 4.69) is 6.92 Å². The third-order valence-corrected chi connectivity index (χ3v) is 4.47. The number of methoxy groups -OCH3 is 2. The van der Waals surface area contributed by atoms with Crippen LogP contribution in [0.5, 0.6) is 5.75 Å². The standard InChI is InChI=1S/C18H24O6/c1-4-5-6-13-14(15-16(23-15)18(21-3)22-13)24-17(19)11-7-9-12(20-2)10-8-11/h7-10,13-16,18H,4-6H2,1-3H3/t13-,14-,15+,16+,18+/m1/s1. The van der Waals surface area contributed by atoms with E-state index in [1.165, 1.54) is 0 Å². The maximum atomic E-state index is 12.4. The van der Waals surface area contributed by atoms with Gasteiger partial charge in [-0.2, -0.15) is 0 Å². The van der Waals surface area contributed by atoms with Crippen LogP contribution in [-0.4, -0.2) is 50.9 Å². The average Bonchev–Trinajstić information content (AvgIpc) is 3.41. The Morgan fingerprint density at radius 1 is 1.12 bits per heavy atom. The van der Waals surface area contributed by atoms with Gasteiger partial charge in [-0.3, -0.25) is 0 Å². The van der Waals surface area contributed by atoms with Gasteiger partial charge in [0.1, 0.15) is 24.1 Å². The number of esters is 1. The second-order valence-electron chi connectivity index (χ2n) is 6.08. The molecule has 0 saturated carbocycles. The van der Waals surface area contributed by atoms with E-state index >= 15 is 0 Å². The van der Waals surface area contributed by atoms with E-state index in [-0.39, 0.29) is 30.6 Å². The largest absolute Gasteiger partial charge is 0.497 e. The zero-order chi connectivity index (χ0) is 17.1. The number of epoxide rings is 1. The van der Waals surface area contributed by atoms with Gasteiger partial charge in [0.05, 0.1) is 12.7 Å². The molecule has 5 atom stereocenters. The minimum Gasteiger partial charge on any atom is -0.497 e. The molecule has 2 fully saturated rings. The highest BCUT2D eigenvalue weighted by atomic mass is 16.7. The van der Waals surface area contributed by atoms with Gasteiger partial charge in [0.15, 0.2) is 12.4 Å². The molecule has 3 rings (SSSR count). The number of carbonyl (C=O) groups is 1. The summed E-state index contributed by atoms with van der Waals surface area (Å²) in [7, 11) is 3.19. The van der Waals surface area contributed by atoms with Crippen LogP contribution < -0.4 is 4.74 Å². The van der Waals surface area contributed by atoms with Crippen molar-refractivity contribution < 1.29 is 28.5 Å². The van der Waals surface area contributed by atoms with Gasteiger partial charge in [-0.15, -0.1) is 0 Å². The number of carbonyl (C=O) groups excluding carboxylic acids is 1. The van der Waals surface area contributed by atoms with E-state index in [1.807, 2.05) is 0 Å². The molecule has 0 aliphatic carbocycles. The zero-order valence-corrected chi connectivity index (χ0v) is 14.3. The van der Waals surface area contributed by atoms with E-state index < -0.39 is 6.10 Å². The quantitative estimate of drug-likeness (QED) is 0.563. The van der Waals surface area contributed by atoms with Crippen molar-refractivity contribution in [1.29, 1.82) is 0 Å². The predicted molar refractivity (Wildman–Crippen MR) is 86.1 cm³/mol. The molecule has 0 N–H and O–H groups in total. The molecule has 2 saturated heterocycles. The van der Waals surface area contributed by atoms with Crippen LogP contribution in [0.25, 0.3) is 0 Å². The van der Waals surface area contributed by atoms with Gasteiger partial charge in [0, 0.05) is 7.11 Å². The first kappa shape index (κ1) is 17.2. The lowest BCUT2D eigenvalue weighted by Crippen LogP contribution is -2.47. The minimum absolute atomic E-state index is 0.146. The van der Waals surface area contributed by atoms with Gasteiger partial charge in [-0.1, -0.05) is 19.8 Å². The lowest BCUT2D eigenvalue weighted by Gasteiger charge is -2.32. The topological polar surface area (TPSA) is 66.5 Å². The average molecular weight is 336 g/mol. The predicted octanol–water partition coefficient (Wildman–Crippen LogP) is 2.55. The van der Waals surface area contributed by atoms with Crippen LogP contribution in [0.4, 0.5) is 0 Å².